The highest BCUT2D eigenvalue weighted by molar-refractivity contribution is 9.10. The van der Waals surface area contributed by atoms with Gasteiger partial charge in [0.15, 0.2) is 0 Å². The summed E-state index contributed by atoms with van der Waals surface area (Å²) >= 11 is 3.34. The Bertz CT molecular complexity index is 518. The van der Waals surface area contributed by atoms with E-state index in [0.717, 1.165) is 30.2 Å². The molecule has 2 fully saturated rings. The van der Waals surface area contributed by atoms with Crippen LogP contribution >= 0.6 is 15.9 Å². The number of anilines is 1. The zero-order valence-corrected chi connectivity index (χ0v) is 12.1. The lowest BCUT2D eigenvalue weighted by Gasteiger charge is -2.36. The predicted octanol–water partition coefficient (Wildman–Crippen LogP) is 3.06. The van der Waals surface area contributed by atoms with Gasteiger partial charge in [0.1, 0.15) is 5.82 Å². The number of nitrogens with zero attached hydrogens (tertiary/aromatic N) is 2. The van der Waals surface area contributed by atoms with E-state index in [1.807, 2.05) is 0 Å². The van der Waals surface area contributed by atoms with Crippen LogP contribution in [0.1, 0.15) is 38.5 Å². The normalized spacial score (nSPS) is 22.3. The van der Waals surface area contributed by atoms with E-state index in [0.29, 0.717) is 18.7 Å². The fourth-order valence-electron chi connectivity index (χ4n) is 3.25. The van der Waals surface area contributed by atoms with Gasteiger partial charge in [-0.25, -0.2) is 9.88 Å². The lowest BCUT2D eigenvalue weighted by molar-refractivity contribution is -0.133. The van der Waals surface area contributed by atoms with Gasteiger partial charge in [-0.3, -0.25) is 9.59 Å². The second-order valence-electron chi connectivity index (χ2n) is 5.52. The number of amides is 2. The first kappa shape index (κ1) is 12.8. The number of halogens is 1. The molecule has 0 aromatic carbocycles. The summed E-state index contributed by atoms with van der Waals surface area (Å²) in [5.74, 6) is 0.213. The maximum Gasteiger partial charge on any atom is 0.235 e. The van der Waals surface area contributed by atoms with Gasteiger partial charge in [-0.2, -0.15) is 0 Å². The second kappa shape index (κ2) is 4.71. The summed E-state index contributed by atoms with van der Waals surface area (Å²) in [7, 11) is 0. The van der Waals surface area contributed by atoms with Gasteiger partial charge in [-0.1, -0.05) is 28.8 Å². The van der Waals surface area contributed by atoms with Crippen molar-refractivity contribution in [2.75, 3.05) is 4.90 Å². The Morgan fingerprint density at radius 1 is 1.16 bits per heavy atom. The molecule has 2 heterocycles. The fourth-order valence-corrected chi connectivity index (χ4v) is 3.57. The summed E-state index contributed by atoms with van der Waals surface area (Å²) in [4.78, 5) is 30.0. The summed E-state index contributed by atoms with van der Waals surface area (Å²) in [5, 5.41) is 0. The van der Waals surface area contributed by atoms with Crippen LogP contribution in [0.15, 0.2) is 22.8 Å². The number of carbonyl (C=O) groups is 2. The third kappa shape index (κ3) is 2.31. The predicted molar refractivity (Wildman–Crippen MR) is 74.6 cm³/mol. The van der Waals surface area contributed by atoms with Crippen molar-refractivity contribution in [2.24, 2.45) is 5.41 Å². The van der Waals surface area contributed by atoms with E-state index in [4.69, 9.17) is 0 Å². The van der Waals surface area contributed by atoms with Gasteiger partial charge >= 0.3 is 0 Å². The van der Waals surface area contributed by atoms with Crippen LogP contribution in [0.2, 0.25) is 0 Å². The molecule has 0 bridgehead atoms. The average molecular weight is 323 g/mol. The van der Waals surface area contributed by atoms with Gasteiger partial charge in [0.25, 0.3) is 0 Å². The van der Waals surface area contributed by atoms with Gasteiger partial charge < -0.3 is 0 Å². The molecule has 0 N–H and O–H groups in total. The Morgan fingerprint density at radius 3 is 2.37 bits per heavy atom. The minimum Gasteiger partial charge on any atom is -0.274 e. The molecule has 1 spiro atoms. The lowest BCUT2D eigenvalue weighted by atomic mass is 9.76. The molecule has 100 valence electrons. The van der Waals surface area contributed by atoms with Gasteiger partial charge in [-0.15, -0.1) is 0 Å². The van der Waals surface area contributed by atoms with Crippen molar-refractivity contribution >= 4 is 33.6 Å². The SMILES string of the molecule is O=C1CC2(CCCC2)CC(=O)N1c1cc(Br)ccn1. The topological polar surface area (TPSA) is 50.3 Å². The molecule has 3 rings (SSSR count). The molecule has 0 radical (unpaired) electrons. The van der Waals surface area contributed by atoms with Crippen LogP contribution in [-0.4, -0.2) is 16.8 Å². The highest BCUT2D eigenvalue weighted by Gasteiger charge is 2.45. The molecule has 0 unspecified atom stereocenters. The molecule has 19 heavy (non-hydrogen) atoms. The number of carbonyl (C=O) groups excluding carboxylic acids is 2. The van der Waals surface area contributed by atoms with E-state index in [1.54, 1.807) is 18.3 Å². The molecule has 5 heteroatoms. The Kier molecular flexibility index (Phi) is 3.17. The molecule has 1 saturated heterocycles. The van der Waals surface area contributed by atoms with Crippen molar-refractivity contribution in [3.8, 4) is 0 Å². The second-order valence-corrected chi connectivity index (χ2v) is 6.43. The zero-order chi connectivity index (χ0) is 13.5. The molecule has 1 saturated carbocycles. The Hall–Kier alpha value is -1.23. The highest BCUT2D eigenvalue weighted by atomic mass is 79.9. The minimum atomic E-state index is -0.108. The largest absolute Gasteiger partial charge is 0.274 e. The molecule has 2 aliphatic rings. The van der Waals surface area contributed by atoms with Gasteiger partial charge in [0, 0.05) is 23.5 Å². The first-order valence-electron chi connectivity index (χ1n) is 6.57. The maximum absolute atomic E-state index is 12.3. The number of piperidine rings is 1. The van der Waals surface area contributed by atoms with Crippen LogP contribution < -0.4 is 4.90 Å². The molecule has 2 amide bonds. The van der Waals surface area contributed by atoms with Crippen LogP contribution in [-0.2, 0) is 9.59 Å². The highest BCUT2D eigenvalue weighted by Crippen LogP contribution is 2.47. The molecule has 1 aromatic rings. The number of imide groups is 1. The fraction of sp³-hybridized carbons (Fsp3) is 0.500. The Balaban J connectivity index is 1.88. The van der Waals surface area contributed by atoms with E-state index in [2.05, 4.69) is 20.9 Å². The summed E-state index contributed by atoms with van der Waals surface area (Å²) in [6.45, 7) is 0. The van der Waals surface area contributed by atoms with Gasteiger partial charge in [0.2, 0.25) is 11.8 Å². The molecule has 1 aromatic heterocycles. The van der Waals surface area contributed by atoms with Crippen LogP contribution in [0.25, 0.3) is 0 Å². The maximum atomic E-state index is 12.3. The van der Waals surface area contributed by atoms with E-state index < -0.39 is 0 Å². The molecule has 0 atom stereocenters. The third-order valence-electron chi connectivity index (χ3n) is 4.15. The van der Waals surface area contributed by atoms with Crippen LogP contribution in [0.5, 0.6) is 0 Å². The quantitative estimate of drug-likeness (QED) is 0.747. The van der Waals surface area contributed by atoms with E-state index >= 15 is 0 Å². The first-order valence-corrected chi connectivity index (χ1v) is 7.36. The van der Waals surface area contributed by atoms with E-state index in [-0.39, 0.29) is 17.2 Å². The van der Waals surface area contributed by atoms with E-state index in [1.165, 1.54) is 4.90 Å². The van der Waals surface area contributed by atoms with Crippen molar-refractivity contribution in [3.63, 3.8) is 0 Å². The first-order chi connectivity index (χ1) is 9.10. The molecular weight excluding hydrogens is 308 g/mol. The Morgan fingerprint density at radius 2 is 1.79 bits per heavy atom. The summed E-state index contributed by atoms with van der Waals surface area (Å²) < 4.78 is 0.819. The monoisotopic (exact) mass is 322 g/mol. The van der Waals surface area contributed by atoms with Crippen molar-refractivity contribution < 1.29 is 9.59 Å². The average Bonchev–Trinajstić information content (AvgIpc) is 2.76. The molecule has 1 aliphatic heterocycles. The smallest absolute Gasteiger partial charge is 0.235 e. The number of hydrogen-bond acceptors (Lipinski definition) is 3. The van der Waals surface area contributed by atoms with Gasteiger partial charge in [0.05, 0.1) is 0 Å². The van der Waals surface area contributed by atoms with E-state index in [9.17, 15) is 9.59 Å². The lowest BCUT2D eigenvalue weighted by Crippen LogP contribution is -2.47. The van der Waals surface area contributed by atoms with Crippen LogP contribution in [0, 0.1) is 5.41 Å². The number of rotatable bonds is 1. The standard InChI is InChI=1S/C14H15BrN2O2/c15-10-3-6-16-11(7-10)17-12(18)8-14(9-13(17)19)4-1-2-5-14/h3,6-7H,1-2,4-5,8-9H2. The number of pyridine rings is 1. The summed E-state index contributed by atoms with van der Waals surface area (Å²) in [6, 6.07) is 3.49. The zero-order valence-electron chi connectivity index (χ0n) is 10.6. The minimum absolute atomic E-state index is 0.0589. The Labute approximate surface area is 120 Å². The van der Waals surface area contributed by atoms with Crippen LogP contribution in [0.4, 0.5) is 5.82 Å². The molecule has 1 aliphatic carbocycles. The number of hydrogen-bond donors (Lipinski definition) is 0. The number of aromatic nitrogens is 1. The molecular formula is C14H15BrN2O2. The van der Waals surface area contributed by atoms with Crippen molar-refractivity contribution in [3.05, 3.63) is 22.8 Å². The molecule has 4 nitrogen and oxygen atoms in total. The third-order valence-corrected chi connectivity index (χ3v) is 4.65. The van der Waals surface area contributed by atoms with Gasteiger partial charge in [-0.05, 0) is 30.4 Å². The summed E-state index contributed by atoms with van der Waals surface area (Å²) in [6.07, 6.45) is 6.83. The van der Waals surface area contributed by atoms with Crippen LogP contribution in [0.3, 0.4) is 0 Å². The van der Waals surface area contributed by atoms with Crippen molar-refractivity contribution in [1.82, 2.24) is 4.98 Å². The summed E-state index contributed by atoms with van der Waals surface area (Å²) in [5.41, 5.74) is -0.0589. The van der Waals surface area contributed by atoms with Crippen molar-refractivity contribution in [1.29, 1.82) is 0 Å². The van der Waals surface area contributed by atoms with Crippen molar-refractivity contribution in [2.45, 2.75) is 38.5 Å².